The number of carbonyl (C=O) groups is 2. The highest BCUT2D eigenvalue weighted by Gasteiger charge is 2.19. The smallest absolute Gasteiger partial charge is 0.289 e. The van der Waals surface area contributed by atoms with Gasteiger partial charge in [0, 0.05) is 37.7 Å². The molecule has 2 heterocycles. The van der Waals surface area contributed by atoms with Gasteiger partial charge in [0.25, 0.3) is 5.91 Å². The van der Waals surface area contributed by atoms with Crippen molar-refractivity contribution in [3.05, 3.63) is 41.9 Å². The molecule has 3 rings (SSSR count). The monoisotopic (exact) mass is 331 g/mol. The fraction of sp³-hybridized carbons (Fsp3) is 0.353. The van der Waals surface area contributed by atoms with Crippen molar-refractivity contribution in [3.8, 4) is 11.3 Å². The van der Waals surface area contributed by atoms with Gasteiger partial charge in [-0.3, -0.25) is 9.59 Å². The Hall–Kier alpha value is -2.70. The number of benzene rings is 1. The summed E-state index contributed by atoms with van der Waals surface area (Å²) in [5.74, 6) is -0.501. The Labute approximate surface area is 138 Å². The summed E-state index contributed by atoms with van der Waals surface area (Å²) in [5, 5.41) is 6.52. The summed E-state index contributed by atoms with van der Waals surface area (Å²) in [6, 6.07) is 7.40. The highest BCUT2D eigenvalue weighted by molar-refractivity contribution is 5.92. The van der Waals surface area contributed by atoms with Crippen LogP contribution < -0.4 is 5.32 Å². The Morgan fingerprint density at radius 2 is 2.25 bits per heavy atom. The number of likely N-dealkylation sites (tertiary alicyclic amines) is 1. The van der Waals surface area contributed by atoms with Gasteiger partial charge >= 0.3 is 0 Å². The largest absolute Gasteiger partial charge is 0.350 e. The van der Waals surface area contributed by atoms with Gasteiger partial charge < -0.3 is 14.7 Å². The van der Waals surface area contributed by atoms with Gasteiger partial charge in [-0.2, -0.15) is 0 Å². The summed E-state index contributed by atoms with van der Waals surface area (Å²) >= 11 is 0. The molecule has 0 atom stereocenters. The molecule has 2 aromatic rings. The maximum atomic E-state index is 13.2. The van der Waals surface area contributed by atoms with E-state index in [1.807, 2.05) is 4.90 Å². The van der Waals surface area contributed by atoms with Crippen molar-refractivity contribution in [1.29, 1.82) is 0 Å². The lowest BCUT2D eigenvalue weighted by Gasteiger charge is -2.14. The molecule has 1 aromatic heterocycles. The second-order valence-electron chi connectivity index (χ2n) is 5.68. The fourth-order valence-corrected chi connectivity index (χ4v) is 2.67. The first-order chi connectivity index (χ1) is 11.6. The summed E-state index contributed by atoms with van der Waals surface area (Å²) in [7, 11) is 0. The summed E-state index contributed by atoms with van der Waals surface area (Å²) in [6.07, 6.45) is 2.21. The van der Waals surface area contributed by atoms with Gasteiger partial charge in [-0.25, -0.2) is 4.39 Å². The number of hydrogen-bond donors (Lipinski definition) is 1. The van der Waals surface area contributed by atoms with Crippen LogP contribution in [0.4, 0.5) is 4.39 Å². The highest BCUT2D eigenvalue weighted by Crippen LogP contribution is 2.19. The topological polar surface area (TPSA) is 75.4 Å². The van der Waals surface area contributed by atoms with Crippen LogP contribution in [0.15, 0.2) is 34.9 Å². The molecule has 1 aromatic carbocycles. The molecular formula is C17H18FN3O3. The molecule has 0 bridgehead atoms. The van der Waals surface area contributed by atoms with E-state index in [2.05, 4.69) is 10.5 Å². The summed E-state index contributed by atoms with van der Waals surface area (Å²) in [5.41, 5.74) is 0.952. The van der Waals surface area contributed by atoms with Crippen molar-refractivity contribution in [1.82, 2.24) is 15.4 Å². The zero-order valence-electron chi connectivity index (χ0n) is 13.1. The number of hydrogen-bond acceptors (Lipinski definition) is 4. The Kier molecular flexibility index (Phi) is 4.88. The average molecular weight is 331 g/mol. The molecule has 126 valence electrons. The van der Waals surface area contributed by atoms with E-state index in [0.29, 0.717) is 37.2 Å². The third-order valence-electron chi connectivity index (χ3n) is 3.92. The van der Waals surface area contributed by atoms with Crippen LogP contribution in [0.2, 0.25) is 0 Å². The van der Waals surface area contributed by atoms with Crippen molar-refractivity contribution in [2.45, 2.75) is 19.3 Å². The van der Waals surface area contributed by atoms with Crippen molar-refractivity contribution >= 4 is 11.8 Å². The van der Waals surface area contributed by atoms with Crippen LogP contribution in [0.5, 0.6) is 0 Å². The standard InChI is InChI=1S/C17H18FN3O3/c18-13-5-1-4-12(10-13)14-11-15(24-20-14)17(23)19-7-3-9-21-8-2-6-16(21)22/h1,4-5,10-11H,2-3,6-9H2,(H,19,23). The highest BCUT2D eigenvalue weighted by atomic mass is 19.1. The van der Waals surface area contributed by atoms with Gasteiger partial charge in [0.15, 0.2) is 0 Å². The van der Waals surface area contributed by atoms with Gasteiger partial charge in [0.2, 0.25) is 11.7 Å². The minimum Gasteiger partial charge on any atom is -0.350 e. The molecular weight excluding hydrogens is 313 g/mol. The third-order valence-corrected chi connectivity index (χ3v) is 3.92. The van der Waals surface area contributed by atoms with Crippen LogP contribution >= 0.6 is 0 Å². The number of aromatic nitrogens is 1. The Morgan fingerprint density at radius 1 is 1.38 bits per heavy atom. The van der Waals surface area contributed by atoms with Gasteiger partial charge in [-0.05, 0) is 25.0 Å². The predicted octanol–water partition coefficient (Wildman–Crippen LogP) is 2.22. The van der Waals surface area contributed by atoms with Gasteiger partial charge in [-0.1, -0.05) is 17.3 Å². The lowest BCUT2D eigenvalue weighted by Crippen LogP contribution is -2.30. The Balaban J connectivity index is 1.50. The van der Waals surface area contributed by atoms with E-state index < -0.39 is 0 Å². The molecule has 6 nitrogen and oxygen atoms in total. The molecule has 24 heavy (non-hydrogen) atoms. The normalized spacial score (nSPS) is 14.2. The summed E-state index contributed by atoms with van der Waals surface area (Å²) < 4.78 is 18.2. The van der Waals surface area contributed by atoms with E-state index >= 15 is 0 Å². The van der Waals surface area contributed by atoms with Crippen LogP contribution in [0, 0.1) is 5.82 Å². The molecule has 0 aliphatic carbocycles. The van der Waals surface area contributed by atoms with Crippen LogP contribution in [0.1, 0.15) is 29.8 Å². The molecule has 1 N–H and O–H groups in total. The van der Waals surface area contributed by atoms with E-state index in [9.17, 15) is 14.0 Å². The molecule has 0 radical (unpaired) electrons. The van der Waals surface area contributed by atoms with E-state index in [0.717, 1.165) is 13.0 Å². The number of nitrogens with one attached hydrogen (secondary N) is 1. The van der Waals surface area contributed by atoms with Crippen LogP contribution in [0.3, 0.4) is 0 Å². The summed E-state index contributed by atoms with van der Waals surface area (Å²) in [4.78, 5) is 25.3. The zero-order valence-corrected chi connectivity index (χ0v) is 13.1. The minimum atomic E-state index is -0.377. The first kappa shape index (κ1) is 16.2. The lowest BCUT2D eigenvalue weighted by molar-refractivity contribution is -0.127. The number of nitrogens with zero attached hydrogens (tertiary/aromatic N) is 2. The van der Waals surface area contributed by atoms with Gasteiger partial charge in [0.05, 0.1) is 0 Å². The molecule has 1 aliphatic rings. The fourth-order valence-electron chi connectivity index (χ4n) is 2.67. The second kappa shape index (κ2) is 7.25. The van der Waals surface area contributed by atoms with E-state index in [1.54, 1.807) is 12.1 Å². The Bertz CT molecular complexity index is 744. The molecule has 1 fully saturated rings. The Morgan fingerprint density at radius 3 is 3.00 bits per heavy atom. The van der Waals surface area contributed by atoms with Crippen molar-refractivity contribution in [2.24, 2.45) is 0 Å². The van der Waals surface area contributed by atoms with E-state index in [1.165, 1.54) is 18.2 Å². The lowest BCUT2D eigenvalue weighted by atomic mass is 10.1. The number of rotatable bonds is 6. The summed E-state index contributed by atoms with van der Waals surface area (Å²) in [6.45, 7) is 1.88. The zero-order chi connectivity index (χ0) is 16.9. The second-order valence-corrected chi connectivity index (χ2v) is 5.68. The molecule has 0 spiro atoms. The number of halogens is 1. The maximum Gasteiger partial charge on any atom is 0.289 e. The van der Waals surface area contributed by atoms with Gasteiger partial charge in [0.1, 0.15) is 11.5 Å². The first-order valence-electron chi connectivity index (χ1n) is 7.92. The SMILES string of the molecule is O=C(NCCCN1CCCC1=O)c1cc(-c2cccc(F)c2)no1. The molecule has 1 aliphatic heterocycles. The maximum absolute atomic E-state index is 13.2. The van der Waals surface area contributed by atoms with E-state index in [-0.39, 0.29) is 23.4 Å². The van der Waals surface area contributed by atoms with E-state index in [4.69, 9.17) is 4.52 Å². The first-order valence-corrected chi connectivity index (χ1v) is 7.92. The molecule has 2 amide bonds. The minimum absolute atomic E-state index is 0.0755. The quantitative estimate of drug-likeness (QED) is 0.824. The van der Waals surface area contributed by atoms with Crippen LogP contribution in [-0.2, 0) is 4.79 Å². The molecule has 0 saturated carbocycles. The van der Waals surface area contributed by atoms with Crippen molar-refractivity contribution in [3.63, 3.8) is 0 Å². The van der Waals surface area contributed by atoms with Crippen molar-refractivity contribution < 1.29 is 18.5 Å². The number of amides is 2. The molecule has 1 saturated heterocycles. The van der Waals surface area contributed by atoms with Crippen molar-refractivity contribution in [2.75, 3.05) is 19.6 Å². The number of carbonyl (C=O) groups excluding carboxylic acids is 2. The van der Waals surface area contributed by atoms with Crippen LogP contribution in [-0.4, -0.2) is 41.5 Å². The van der Waals surface area contributed by atoms with Gasteiger partial charge in [-0.15, -0.1) is 0 Å². The molecule has 0 unspecified atom stereocenters. The third kappa shape index (κ3) is 3.79. The predicted molar refractivity (Wildman–Crippen MR) is 84.7 cm³/mol. The average Bonchev–Trinajstić information content (AvgIpc) is 3.21. The molecule has 7 heteroatoms. The van der Waals surface area contributed by atoms with Crippen LogP contribution in [0.25, 0.3) is 11.3 Å².